The number of aromatic nitrogens is 2. The first-order valence-corrected chi connectivity index (χ1v) is 4.84. The summed E-state index contributed by atoms with van der Waals surface area (Å²) in [4.78, 5) is 8.97. The van der Waals surface area contributed by atoms with E-state index in [-0.39, 0.29) is 0 Å². The van der Waals surface area contributed by atoms with Gasteiger partial charge in [-0.15, -0.1) is 0 Å². The Kier molecular flexibility index (Phi) is 2.27. The average molecular weight is 177 g/mol. The van der Waals surface area contributed by atoms with Crippen molar-refractivity contribution in [3.8, 4) is 0 Å². The number of nitrogens with one attached hydrogen (secondary N) is 1. The van der Waals surface area contributed by atoms with Gasteiger partial charge in [0.2, 0.25) is 0 Å². The molecule has 1 aliphatic rings. The minimum absolute atomic E-state index is 0.596. The Balaban J connectivity index is 2.26. The molecule has 1 N–H and O–H groups in total. The molecule has 70 valence electrons. The molecule has 3 nitrogen and oxygen atoms in total. The van der Waals surface area contributed by atoms with Gasteiger partial charge in [0.1, 0.15) is 0 Å². The lowest BCUT2D eigenvalue weighted by atomic mass is 9.99. The van der Waals surface area contributed by atoms with E-state index in [0.29, 0.717) is 5.92 Å². The van der Waals surface area contributed by atoms with E-state index < -0.39 is 0 Å². The largest absolute Gasteiger partial charge is 0.315 e. The molecular formula is C10H15N3. The van der Waals surface area contributed by atoms with Crippen molar-refractivity contribution in [2.24, 2.45) is 0 Å². The van der Waals surface area contributed by atoms with Gasteiger partial charge < -0.3 is 5.32 Å². The van der Waals surface area contributed by atoms with E-state index >= 15 is 0 Å². The van der Waals surface area contributed by atoms with Gasteiger partial charge in [-0.3, -0.25) is 9.97 Å². The minimum atomic E-state index is 0.596. The monoisotopic (exact) mass is 177 g/mol. The van der Waals surface area contributed by atoms with E-state index in [1.165, 1.54) is 0 Å². The first-order chi connectivity index (χ1) is 6.31. The van der Waals surface area contributed by atoms with Gasteiger partial charge in [-0.05, 0) is 13.3 Å². The van der Waals surface area contributed by atoms with Crippen molar-refractivity contribution >= 4 is 0 Å². The predicted molar refractivity (Wildman–Crippen MR) is 51.8 cm³/mol. The Bertz CT molecular complexity index is 305. The average Bonchev–Trinajstić information content (AvgIpc) is 2.05. The third-order valence-corrected chi connectivity index (χ3v) is 2.61. The van der Waals surface area contributed by atoms with Crippen molar-refractivity contribution in [2.45, 2.75) is 26.2 Å². The molecule has 0 atom stereocenters. The van der Waals surface area contributed by atoms with Crippen LogP contribution in [0.2, 0.25) is 0 Å². The van der Waals surface area contributed by atoms with Crippen molar-refractivity contribution in [3.63, 3.8) is 0 Å². The highest BCUT2D eigenvalue weighted by molar-refractivity contribution is 5.17. The van der Waals surface area contributed by atoms with Gasteiger partial charge >= 0.3 is 0 Å². The van der Waals surface area contributed by atoms with Crippen molar-refractivity contribution in [3.05, 3.63) is 23.3 Å². The maximum absolute atomic E-state index is 4.61. The SMILES string of the molecule is CCc1nc(C2CNC2)cnc1C. The van der Waals surface area contributed by atoms with Crippen LogP contribution in [-0.2, 0) is 6.42 Å². The molecule has 13 heavy (non-hydrogen) atoms. The molecule has 0 saturated carbocycles. The number of rotatable bonds is 2. The number of hydrogen-bond acceptors (Lipinski definition) is 3. The minimum Gasteiger partial charge on any atom is -0.315 e. The second kappa shape index (κ2) is 3.42. The standard InChI is InChI=1S/C10H15N3/c1-3-9-7(2)12-6-10(13-9)8-4-11-5-8/h6,8,11H,3-5H2,1-2H3. The van der Waals surface area contributed by atoms with Crippen LogP contribution in [0, 0.1) is 6.92 Å². The molecule has 1 aromatic rings. The lowest BCUT2D eigenvalue weighted by Crippen LogP contribution is -2.40. The quantitative estimate of drug-likeness (QED) is 0.733. The van der Waals surface area contributed by atoms with Crippen molar-refractivity contribution in [1.29, 1.82) is 0 Å². The molecule has 2 rings (SSSR count). The molecule has 0 radical (unpaired) electrons. The van der Waals surface area contributed by atoms with Gasteiger partial charge in [0.05, 0.1) is 17.1 Å². The summed E-state index contributed by atoms with van der Waals surface area (Å²) in [5, 5.41) is 3.24. The number of aryl methyl sites for hydroxylation is 2. The van der Waals surface area contributed by atoms with E-state index in [1.54, 1.807) is 0 Å². The fourth-order valence-electron chi connectivity index (χ4n) is 1.53. The molecule has 0 unspecified atom stereocenters. The Hall–Kier alpha value is -0.960. The zero-order valence-corrected chi connectivity index (χ0v) is 8.17. The van der Waals surface area contributed by atoms with E-state index in [1.807, 2.05) is 13.1 Å². The predicted octanol–water partition coefficient (Wildman–Crippen LogP) is 1.03. The first kappa shape index (κ1) is 8.63. The van der Waals surface area contributed by atoms with Crippen molar-refractivity contribution in [1.82, 2.24) is 15.3 Å². The second-order valence-corrected chi connectivity index (χ2v) is 3.54. The molecule has 1 aliphatic heterocycles. The molecular weight excluding hydrogens is 162 g/mol. The zero-order chi connectivity index (χ0) is 9.26. The normalized spacial score (nSPS) is 17.1. The van der Waals surface area contributed by atoms with Crippen LogP contribution in [0.4, 0.5) is 0 Å². The summed E-state index contributed by atoms with van der Waals surface area (Å²) in [6.07, 6.45) is 2.90. The summed E-state index contributed by atoms with van der Waals surface area (Å²) in [6, 6.07) is 0. The summed E-state index contributed by atoms with van der Waals surface area (Å²) in [6.45, 7) is 6.26. The summed E-state index contributed by atoms with van der Waals surface area (Å²) in [5.41, 5.74) is 3.36. The lowest BCUT2D eigenvalue weighted by molar-refractivity contribution is 0.437. The van der Waals surface area contributed by atoms with Gasteiger partial charge in [0.15, 0.2) is 0 Å². The Morgan fingerprint density at radius 3 is 2.85 bits per heavy atom. The van der Waals surface area contributed by atoms with Gasteiger partial charge in [-0.25, -0.2) is 0 Å². The van der Waals surface area contributed by atoms with E-state index in [0.717, 1.165) is 36.6 Å². The summed E-state index contributed by atoms with van der Waals surface area (Å²) in [7, 11) is 0. The zero-order valence-electron chi connectivity index (χ0n) is 8.17. The highest BCUT2D eigenvalue weighted by Gasteiger charge is 2.20. The first-order valence-electron chi connectivity index (χ1n) is 4.84. The summed E-state index contributed by atoms with van der Waals surface area (Å²) < 4.78 is 0. The van der Waals surface area contributed by atoms with E-state index in [9.17, 15) is 0 Å². The van der Waals surface area contributed by atoms with Crippen LogP contribution in [0.3, 0.4) is 0 Å². The highest BCUT2D eigenvalue weighted by atomic mass is 15.0. The Labute approximate surface area is 78.6 Å². The Morgan fingerprint density at radius 2 is 2.31 bits per heavy atom. The third kappa shape index (κ3) is 1.56. The van der Waals surface area contributed by atoms with Gasteiger partial charge in [-0.1, -0.05) is 6.92 Å². The highest BCUT2D eigenvalue weighted by Crippen LogP contribution is 2.17. The molecule has 3 heteroatoms. The fourth-order valence-corrected chi connectivity index (χ4v) is 1.53. The molecule has 1 saturated heterocycles. The maximum Gasteiger partial charge on any atom is 0.0646 e. The summed E-state index contributed by atoms with van der Waals surface area (Å²) in [5.74, 6) is 0.596. The molecule has 0 amide bonds. The van der Waals surface area contributed by atoms with Gasteiger partial charge in [0.25, 0.3) is 0 Å². The molecule has 0 aromatic carbocycles. The molecule has 2 heterocycles. The second-order valence-electron chi connectivity index (χ2n) is 3.54. The van der Waals surface area contributed by atoms with Crippen molar-refractivity contribution < 1.29 is 0 Å². The van der Waals surface area contributed by atoms with Crippen LogP contribution in [-0.4, -0.2) is 23.1 Å². The van der Waals surface area contributed by atoms with Crippen LogP contribution in [0.1, 0.15) is 29.9 Å². The van der Waals surface area contributed by atoms with E-state index in [4.69, 9.17) is 0 Å². The smallest absolute Gasteiger partial charge is 0.0646 e. The van der Waals surface area contributed by atoms with Gasteiger partial charge in [-0.2, -0.15) is 0 Å². The number of nitrogens with zero attached hydrogens (tertiary/aromatic N) is 2. The topological polar surface area (TPSA) is 37.8 Å². The van der Waals surface area contributed by atoms with Crippen molar-refractivity contribution in [2.75, 3.05) is 13.1 Å². The van der Waals surface area contributed by atoms with Crippen LogP contribution >= 0.6 is 0 Å². The lowest BCUT2D eigenvalue weighted by Gasteiger charge is -2.26. The maximum atomic E-state index is 4.61. The van der Waals surface area contributed by atoms with E-state index in [2.05, 4.69) is 22.2 Å². The molecule has 1 aromatic heterocycles. The van der Waals surface area contributed by atoms with Gasteiger partial charge in [0, 0.05) is 25.2 Å². The Morgan fingerprint density at radius 1 is 1.54 bits per heavy atom. The van der Waals surface area contributed by atoms with Crippen LogP contribution in [0.5, 0.6) is 0 Å². The van der Waals surface area contributed by atoms with Crippen LogP contribution in [0.25, 0.3) is 0 Å². The molecule has 0 spiro atoms. The molecule has 0 aliphatic carbocycles. The van der Waals surface area contributed by atoms with Crippen LogP contribution < -0.4 is 5.32 Å². The number of hydrogen-bond donors (Lipinski definition) is 1. The van der Waals surface area contributed by atoms with Crippen LogP contribution in [0.15, 0.2) is 6.20 Å². The fraction of sp³-hybridized carbons (Fsp3) is 0.600. The third-order valence-electron chi connectivity index (χ3n) is 2.61. The molecule has 1 fully saturated rings. The molecule has 0 bridgehead atoms. The summed E-state index contributed by atoms with van der Waals surface area (Å²) >= 11 is 0.